The van der Waals surface area contributed by atoms with E-state index in [2.05, 4.69) is 9.97 Å². The normalized spacial score (nSPS) is 18.3. The summed E-state index contributed by atoms with van der Waals surface area (Å²) in [7, 11) is 0. The third kappa shape index (κ3) is 5.08. The monoisotopic (exact) mass is 551 g/mol. The number of rotatable bonds is 7. The first-order valence-corrected chi connectivity index (χ1v) is 13.1. The lowest BCUT2D eigenvalue weighted by molar-refractivity contribution is -0.136. The average Bonchev–Trinajstić information content (AvgIpc) is 3.13. The molecule has 210 valence electrons. The maximum Gasteiger partial charge on any atom is 0.387 e. The number of halogens is 2. The topological polar surface area (TPSA) is 99.1 Å². The zero-order valence-corrected chi connectivity index (χ0v) is 22.6. The molecule has 0 spiro atoms. The van der Waals surface area contributed by atoms with Gasteiger partial charge in [0.2, 0.25) is 11.9 Å². The Bertz CT molecular complexity index is 1420. The maximum absolute atomic E-state index is 13.3. The number of aliphatic hydroxyl groups excluding tert-OH is 1. The summed E-state index contributed by atoms with van der Waals surface area (Å²) in [4.78, 5) is 39.9. The number of aliphatic hydroxyl groups is 1. The molecule has 0 unspecified atom stereocenters. The number of anilines is 2. The summed E-state index contributed by atoms with van der Waals surface area (Å²) >= 11 is 0. The molecule has 1 aromatic heterocycles. The van der Waals surface area contributed by atoms with E-state index in [0.29, 0.717) is 42.4 Å². The average molecular weight is 552 g/mol. The van der Waals surface area contributed by atoms with Crippen molar-refractivity contribution in [2.75, 3.05) is 36.0 Å². The number of amides is 1. The molecule has 1 amide bonds. The molecule has 11 heteroatoms. The summed E-state index contributed by atoms with van der Waals surface area (Å²) < 4.78 is 30.7. The number of ketones is 1. The fourth-order valence-corrected chi connectivity index (χ4v) is 5.41. The highest BCUT2D eigenvalue weighted by Crippen LogP contribution is 2.42. The van der Waals surface area contributed by atoms with Crippen LogP contribution in [0.4, 0.5) is 20.4 Å². The Balaban J connectivity index is 1.39. The fraction of sp³-hybridized carbons (Fsp3) is 0.379. The van der Waals surface area contributed by atoms with Gasteiger partial charge in [0.25, 0.3) is 0 Å². The Labute approximate surface area is 231 Å². The number of para-hydroxylation sites is 1. The first-order chi connectivity index (χ1) is 19.1. The van der Waals surface area contributed by atoms with Crippen LogP contribution in [-0.4, -0.2) is 76.1 Å². The van der Waals surface area contributed by atoms with Crippen LogP contribution in [0.3, 0.4) is 0 Å². The minimum atomic E-state index is -2.95. The number of ether oxygens (including phenoxy) is 1. The van der Waals surface area contributed by atoms with E-state index in [1.807, 2.05) is 42.7 Å². The predicted molar refractivity (Wildman–Crippen MR) is 146 cm³/mol. The third-order valence-corrected chi connectivity index (χ3v) is 7.62. The molecule has 0 bridgehead atoms. The zero-order valence-electron chi connectivity index (χ0n) is 22.6. The highest BCUT2D eigenvalue weighted by atomic mass is 19.3. The molecular formula is C29H31F2N5O4. The van der Waals surface area contributed by atoms with E-state index in [0.717, 1.165) is 11.1 Å². The number of carbonyl (C=O) groups excluding carboxylic acids is 2. The van der Waals surface area contributed by atoms with Gasteiger partial charge in [0, 0.05) is 67.0 Å². The van der Waals surface area contributed by atoms with Gasteiger partial charge in [-0.05, 0) is 44.5 Å². The lowest BCUT2D eigenvalue weighted by Gasteiger charge is -2.39. The number of benzene rings is 2. The number of piperazine rings is 1. The van der Waals surface area contributed by atoms with Crippen molar-refractivity contribution in [1.82, 2.24) is 14.9 Å². The second-order valence-electron chi connectivity index (χ2n) is 10.5. The molecule has 5 rings (SSSR count). The van der Waals surface area contributed by atoms with Crippen LogP contribution in [0.25, 0.3) is 11.1 Å². The first-order valence-electron chi connectivity index (χ1n) is 13.1. The van der Waals surface area contributed by atoms with E-state index in [1.54, 1.807) is 41.6 Å². The number of alkyl halides is 2. The van der Waals surface area contributed by atoms with Crippen molar-refractivity contribution in [2.24, 2.45) is 0 Å². The number of hydrogen-bond acceptors (Lipinski definition) is 8. The second-order valence-corrected chi connectivity index (χ2v) is 10.5. The standard InChI is InChI=1S/C29H31F2N5O4/c1-18-15-34(10-11-35(18)25(38)17-37)28-32-13-21(14-33-28)19-8-9-22-23(12-19)36(29(2,3)26(22)39)16-20-6-4-5-7-24(20)40-27(30)31/h4-9,12-14,18,27,37H,10-11,15-17H2,1-3H3/t18-/m1/s1. The summed E-state index contributed by atoms with van der Waals surface area (Å²) in [5.74, 6) is 0.272. The van der Waals surface area contributed by atoms with Gasteiger partial charge in [-0.2, -0.15) is 8.78 Å². The van der Waals surface area contributed by atoms with Crippen LogP contribution in [0, 0.1) is 0 Å². The molecule has 1 fully saturated rings. The van der Waals surface area contributed by atoms with E-state index in [-0.39, 0.29) is 30.0 Å². The number of nitrogens with zero attached hydrogens (tertiary/aromatic N) is 5. The van der Waals surface area contributed by atoms with E-state index in [1.165, 1.54) is 6.07 Å². The molecule has 1 N–H and O–H groups in total. The van der Waals surface area contributed by atoms with Crippen molar-refractivity contribution in [1.29, 1.82) is 0 Å². The van der Waals surface area contributed by atoms with Gasteiger partial charge in [-0.15, -0.1) is 0 Å². The van der Waals surface area contributed by atoms with Crippen molar-refractivity contribution < 1.29 is 28.2 Å². The summed E-state index contributed by atoms with van der Waals surface area (Å²) in [6.45, 7) is 3.88. The molecule has 1 saturated heterocycles. The van der Waals surface area contributed by atoms with Crippen LogP contribution < -0.4 is 14.5 Å². The summed E-state index contributed by atoms with van der Waals surface area (Å²) in [5.41, 5.74) is 2.47. The predicted octanol–water partition coefficient (Wildman–Crippen LogP) is 3.76. The van der Waals surface area contributed by atoms with Crippen molar-refractivity contribution in [2.45, 2.75) is 45.5 Å². The molecule has 1 atom stereocenters. The molecule has 9 nitrogen and oxygen atoms in total. The molecular weight excluding hydrogens is 520 g/mol. The van der Waals surface area contributed by atoms with Crippen molar-refractivity contribution >= 4 is 23.3 Å². The van der Waals surface area contributed by atoms with Gasteiger partial charge in [0.1, 0.15) is 12.4 Å². The van der Waals surface area contributed by atoms with E-state index < -0.39 is 18.8 Å². The Morgan fingerprint density at radius 3 is 2.52 bits per heavy atom. The molecule has 0 aliphatic carbocycles. The number of fused-ring (bicyclic) bond motifs is 1. The lowest BCUT2D eigenvalue weighted by atomic mass is 9.96. The Kier molecular flexibility index (Phi) is 7.41. The van der Waals surface area contributed by atoms with Crippen LogP contribution in [0.5, 0.6) is 5.75 Å². The highest BCUT2D eigenvalue weighted by molar-refractivity contribution is 6.14. The molecule has 2 aliphatic rings. The molecule has 0 radical (unpaired) electrons. The largest absolute Gasteiger partial charge is 0.434 e. The van der Waals surface area contributed by atoms with Gasteiger partial charge in [0.05, 0.1) is 5.54 Å². The molecule has 2 aromatic carbocycles. The number of hydrogen-bond donors (Lipinski definition) is 1. The zero-order chi connectivity index (χ0) is 28.6. The summed E-state index contributed by atoms with van der Waals surface area (Å²) in [6.07, 6.45) is 3.44. The van der Waals surface area contributed by atoms with Crippen molar-refractivity contribution in [3.05, 3.63) is 66.0 Å². The minimum absolute atomic E-state index is 0.0548. The van der Waals surface area contributed by atoms with Crippen molar-refractivity contribution in [3.63, 3.8) is 0 Å². The van der Waals surface area contributed by atoms with Gasteiger partial charge in [-0.1, -0.05) is 24.3 Å². The Hall–Kier alpha value is -4.12. The number of Topliss-reactive ketones (excluding diaryl/α,β-unsaturated/α-hetero) is 1. The van der Waals surface area contributed by atoms with Crippen LogP contribution >= 0.6 is 0 Å². The van der Waals surface area contributed by atoms with Crippen molar-refractivity contribution in [3.8, 4) is 16.9 Å². The molecule has 40 heavy (non-hydrogen) atoms. The van der Waals surface area contributed by atoms with Gasteiger partial charge in [-0.25, -0.2) is 9.97 Å². The van der Waals surface area contributed by atoms with Gasteiger partial charge < -0.3 is 24.5 Å². The minimum Gasteiger partial charge on any atom is -0.434 e. The molecule has 3 aromatic rings. The molecule has 3 heterocycles. The van der Waals surface area contributed by atoms with Gasteiger partial charge >= 0.3 is 6.61 Å². The van der Waals surface area contributed by atoms with Crippen LogP contribution in [0.2, 0.25) is 0 Å². The first kappa shape index (κ1) is 27.4. The number of carbonyl (C=O) groups is 2. The molecule has 0 saturated carbocycles. The number of aromatic nitrogens is 2. The molecule has 2 aliphatic heterocycles. The Morgan fingerprint density at radius 2 is 1.85 bits per heavy atom. The smallest absolute Gasteiger partial charge is 0.387 e. The summed E-state index contributed by atoms with van der Waals surface area (Å²) in [6, 6.07) is 12.0. The van der Waals surface area contributed by atoms with E-state index in [4.69, 9.17) is 4.74 Å². The summed E-state index contributed by atoms with van der Waals surface area (Å²) in [5, 5.41) is 9.18. The quantitative estimate of drug-likeness (QED) is 0.474. The second kappa shape index (κ2) is 10.8. The fourth-order valence-electron chi connectivity index (χ4n) is 5.41. The van der Waals surface area contributed by atoms with E-state index >= 15 is 0 Å². The Morgan fingerprint density at radius 1 is 1.12 bits per heavy atom. The van der Waals surface area contributed by atoms with Crippen LogP contribution in [-0.2, 0) is 11.3 Å². The van der Waals surface area contributed by atoms with Gasteiger partial charge in [-0.3, -0.25) is 9.59 Å². The SMILES string of the molecule is C[C@@H]1CN(c2ncc(-c3ccc4c(c3)N(Cc3ccccc3OC(F)F)C(C)(C)C4=O)cn2)CCN1C(=O)CO. The van der Waals surface area contributed by atoms with Crippen LogP contribution in [0.15, 0.2) is 54.9 Å². The van der Waals surface area contributed by atoms with E-state index in [9.17, 15) is 23.5 Å². The highest BCUT2D eigenvalue weighted by Gasteiger charge is 2.44. The van der Waals surface area contributed by atoms with Crippen LogP contribution in [0.1, 0.15) is 36.7 Å². The van der Waals surface area contributed by atoms with Gasteiger partial charge in [0.15, 0.2) is 5.78 Å². The lowest BCUT2D eigenvalue weighted by Crippen LogP contribution is -2.55. The third-order valence-electron chi connectivity index (χ3n) is 7.62. The maximum atomic E-state index is 13.3.